The van der Waals surface area contributed by atoms with Crippen LogP contribution in [0.25, 0.3) is 0 Å². The van der Waals surface area contributed by atoms with Crippen LogP contribution in [0.1, 0.15) is 39.0 Å². The van der Waals surface area contributed by atoms with Gasteiger partial charge in [0.15, 0.2) is 0 Å². The van der Waals surface area contributed by atoms with E-state index in [1.165, 1.54) is 6.42 Å². The molecular formula is C13H22ClNO2. The van der Waals surface area contributed by atoms with Crippen LogP contribution in [0.5, 0.6) is 0 Å². The maximum absolute atomic E-state index is 12.3. The van der Waals surface area contributed by atoms with Gasteiger partial charge >= 0.3 is 0 Å². The molecule has 2 fully saturated rings. The molecule has 0 N–H and O–H groups in total. The number of ether oxygens (including phenoxy) is 1. The molecule has 1 heterocycles. The Kier molecular flexibility index (Phi) is 3.99. The average Bonchev–Trinajstić information content (AvgIpc) is 2.64. The third-order valence-corrected chi connectivity index (χ3v) is 4.85. The van der Waals surface area contributed by atoms with Gasteiger partial charge in [0.05, 0.1) is 12.0 Å². The molecule has 17 heavy (non-hydrogen) atoms. The monoisotopic (exact) mass is 259 g/mol. The molecule has 1 saturated heterocycles. The van der Waals surface area contributed by atoms with E-state index in [4.69, 9.17) is 16.3 Å². The second-order valence-electron chi connectivity index (χ2n) is 5.49. The number of amides is 1. The lowest BCUT2D eigenvalue weighted by Gasteiger charge is -2.41. The molecule has 2 unspecified atom stereocenters. The van der Waals surface area contributed by atoms with Crippen molar-refractivity contribution in [2.24, 2.45) is 5.92 Å². The van der Waals surface area contributed by atoms with Crippen molar-refractivity contribution in [2.75, 3.05) is 19.5 Å². The van der Waals surface area contributed by atoms with E-state index in [1.807, 2.05) is 4.90 Å². The molecule has 2 aliphatic rings. The van der Waals surface area contributed by atoms with Gasteiger partial charge in [-0.15, -0.1) is 11.6 Å². The van der Waals surface area contributed by atoms with E-state index in [2.05, 4.69) is 6.92 Å². The molecule has 98 valence electrons. The van der Waals surface area contributed by atoms with Gasteiger partial charge in [-0.25, -0.2) is 0 Å². The fraction of sp³-hybridized carbons (Fsp3) is 0.923. The smallest absolute Gasteiger partial charge is 0.225 e. The van der Waals surface area contributed by atoms with Gasteiger partial charge in [-0.3, -0.25) is 4.79 Å². The number of nitrogens with zero attached hydrogens (tertiary/aromatic N) is 1. The largest absolute Gasteiger partial charge is 0.378 e. The quantitative estimate of drug-likeness (QED) is 0.726. The lowest BCUT2D eigenvalue weighted by molar-refractivity contribution is -0.144. The first-order valence-corrected chi connectivity index (χ1v) is 7.06. The summed E-state index contributed by atoms with van der Waals surface area (Å²) in [5, 5.41) is 0. The highest BCUT2D eigenvalue weighted by Gasteiger charge is 2.42. The first-order chi connectivity index (χ1) is 8.12. The zero-order valence-corrected chi connectivity index (χ0v) is 11.5. The highest BCUT2D eigenvalue weighted by atomic mass is 35.5. The van der Waals surface area contributed by atoms with Gasteiger partial charge in [-0.2, -0.15) is 0 Å². The summed E-state index contributed by atoms with van der Waals surface area (Å²) in [5.41, 5.74) is -0.167. The number of halogens is 1. The van der Waals surface area contributed by atoms with Crippen LogP contribution in [0.2, 0.25) is 0 Å². The highest BCUT2D eigenvalue weighted by Crippen LogP contribution is 2.39. The Labute approximate surface area is 108 Å². The number of hydrogen-bond acceptors (Lipinski definition) is 2. The third-order valence-electron chi connectivity index (χ3n) is 4.53. The Hall–Kier alpha value is -0.280. The molecule has 2 rings (SSSR count). The maximum Gasteiger partial charge on any atom is 0.225 e. The van der Waals surface area contributed by atoms with Crippen LogP contribution in [-0.4, -0.2) is 42.0 Å². The molecule has 0 bridgehead atoms. The van der Waals surface area contributed by atoms with Gasteiger partial charge in [-0.1, -0.05) is 6.92 Å². The van der Waals surface area contributed by atoms with Crippen LogP contribution >= 0.6 is 11.6 Å². The summed E-state index contributed by atoms with van der Waals surface area (Å²) in [5.74, 6) is 1.30. The van der Waals surface area contributed by atoms with Crippen molar-refractivity contribution in [1.82, 2.24) is 4.90 Å². The van der Waals surface area contributed by atoms with Crippen LogP contribution in [-0.2, 0) is 9.53 Å². The number of methoxy groups -OCH3 is 1. The lowest BCUT2D eigenvalue weighted by atomic mass is 9.77. The highest BCUT2D eigenvalue weighted by molar-refractivity contribution is 6.18. The zero-order chi connectivity index (χ0) is 12.5. The Morgan fingerprint density at radius 1 is 1.53 bits per heavy atom. The second kappa shape index (κ2) is 5.15. The molecule has 4 heteroatoms. The van der Waals surface area contributed by atoms with Gasteiger partial charge < -0.3 is 9.64 Å². The van der Waals surface area contributed by atoms with Crippen LogP contribution in [0.4, 0.5) is 0 Å². The van der Waals surface area contributed by atoms with Gasteiger partial charge in [0.2, 0.25) is 5.91 Å². The molecular weight excluding hydrogens is 238 g/mol. The van der Waals surface area contributed by atoms with Crippen LogP contribution < -0.4 is 0 Å². The van der Waals surface area contributed by atoms with E-state index < -0.39 is 0 Å². The minimum absolute atomic E-state index is 0.167. The summed E-state index contributed by atoms with van der Waals surface area (Å²) in [6.07, 6.45) is 4.82. The van der Waals surface area contributed by atoms with Crippen molar-refractivity contribution >= 4 is 17.5 Å². The summed E-state index contributed by atoms with van der Waals surface area (Å²) < 4.78 is 5.52. The Bertz CT molecular complexity index is 286. The summed E-state index contributed by atoms with van der Waals surface area (Å²) in [6, 6.07) is 0.221. The number of alkyl halides is 1. The predicted molar refractivity (Wildman–Crippen MR) is 68.2 cm³/mol. The fourth-order valence-electron chi connectivity index (χ4n) is 2.95. The number of carbonyl (C=O) groups is 1. The SMILES string of the molecule is COC1(CC(=O)N2CCC(C)C2CCl)CCC1. The van der Waals surface area contributed by atoms with Crippen molar-refractivity contribution in [2.45, 2.75) is 50.7 Å². The summed E-state index contributed by atoms with van der Waals surface area (Å²) >= 11 is 5.97. The van der Waals surface area contributed by atoms with Crippen molar-refractivity contribution < 1.29 is 9.53 Å². The normalized spacial score (nSPS) is 31.4. The topological polar surface area (TPSA) is 29.5 Å². The van der Waals surface area contributed by atoms with Gasteiger partial charge in [0.1, 0.15) is 0 Å². The Morgan fingerprint density at radius 3 is 2.71 bits per heavy atom. The number of rotatable bonds is 4. The second-order valence-corrected chi connectivity index (χ2v) is 5.80. The minimum Gasteiger partial charge on any atom is -0.378 e. The van der Waals surface area contributed by atoms with E-state index in [-0.39, 0.29) is 17.6 Å². The van der Waals surface area contributed by atoms with Crippen molar-refractivity contribution in [3.63, 3.8) is 0 Å². The van der Waals surface area contributed by atoms with E-state index in [0.717, 1.165) is 25.8 Å². The molecule has 0 spiro atoms. The molecule has 2 atom stereocenters. The van der Waals surface area contributed by atoms with Crippen LogP contribution in [0.15, 0.2) is 0 Å². The van der Waals surface area contributed by atoms with Gasteiger partial charge in [0.25, 0.3) is 0 Å². The number of carbonyl (C=O) groups excluding carboxylic acids is 1. The van der Waals surface area contributed by atoms with Crippen molar-refractivity contribution in [1.29, 1.82) is 0 Å². The van der Waals surface area contributed by atoms with Gasteiger partial charge in [0, 0.05) is 25.6 Å². The molecule has 1 saturated carbocycles. The first-order valence-electron chi connectivity index (χ1n) is 6.52. The predicted octanol–water partition coefficient (Wildman–Crippen LogP) is 2.42. The minimum atomic E-state index is -0.167. The van der Waals surface area contributed by atoms with Crippen molar-refractivity contribution in [3.8, 4) is 0 Å². The van der Waals surface area contributed by atoms with Crippen LogP contribution in [0.3, 0.4) is 0 Å². The summed E-state index contributed by atoms with van der Waals surface area (Å²) in [7, 11) is 1.72. The van der Waals surface area contributed by atoms with Crippen LogP contribution in [0, 0.1) is 5.92 Å². The molecule has 1 aliphatic heterocycles. The maximum atomic E-state index is 12.3. The van der Waals surface area contributed by atoms with E-state index in [0.29, 0.717) is 18.2 Å². The molecule has 0 aromatic heterocycles. The standard InChI is InChI=1S/C13H22ClNO2/c1-10-4-7-15(11(10)9-14)12(16)8-13(17-2)5-3-6-13/h10-11H,3-9H2,1-2H3. The molecule has 0 radical (unpaired) electrons. The molecule has 3 nitrogen and oxygen atoms in total. The van der Waals surface area contributed by atoms with E-state index >= 15 is 0 Å². The van der Waals surface area contributed by atoms with Gasteiger partial charge in [-0.05, 0) is 31.6 Å². The lowest BCUT2D eigenvalue weighted by Crippen LogP contribution is -2.47. The third kappa shape index (κ3) is 2.45. The Morgan fingerprint density at radius 2 is 2.24 bits per heavy atom. The molecule has 1 aliphatic carbocycles. The van der Waals surface area contributed by atoms with Crippen molar-refractivity contribution in [3.05, 3.63) is 0 Å². The number of hydrogen-bond donors (Lipinski definition) is 0. The zero-order valence-electron chi connectivity index (χ0n) is 10.7. The van der Waals surface area contributed by atoms with E-state index in [1.54, 1.807) is 7.11 Å². The summed E-state index contributed by atoms with van der Waals surface area (Å²) in [4.78, 5) is 14.3. The van der Waals surface area contributed by atoms with E-state index in [9.17, 15) is 4.79 Å². The molecule has 1 amide bonds. The first kappa shape index (κ1) is 13.2. The summed E-state index contributed by atoms with van der Waals surface area (Å²) in [6.45, 7) is 3.03. The molecule has 0 aromatic carbocycles. The Balaban J connectivity index is 1.95. The number of likely N-dealkylation sites (tertiary alicyclic amines) is 1. The average molecular weight is 260 g/mol. The fourth-order valence-corrected chi connectivity index (χ4v) is 3.43. The molecule has 0 aromatic rings.